The molecule has 3 heterocycles. The van der Waals surface area contributed by atoms with Crippen LogP contribution in [0.5, 0.6) is 0 Å². The Balaban J connectivity index is 1.95. The Hall–Kier alpha value is -2.60. The summed E-state index contributed by atoms with van der Waals surface area (Å²) in [6, 6.07) is 3.62. The smallest absolute Gasteiger partial charge is 0.410 e. The van der Waals surface area contributed by atoms with E-state index in [-0.39, 0.29) is 30.2 Å². The van der Waals surface area contributed by atoms with Crippen molar-refractivity contribution in [1.82, 2.24) is 14.5 Å². The number of aromatic nitrogens is 2. The molecule has 156 valence electrons. The number of piperazine rings is 1. The van der Waals surface area contributed by atoms with Crippen molar-refractivity contribution in [3.05, 3.63) is 21.4 Å². The number of ether oxygens (including phenoxy) is 1. The van der Waals surface area contributed by atoms with Crippen LogP contribution in [0, 0.1) is 11.3 Å². The lowest BCUT2D eigenvalue weighted by Crippen LogP contribution is -2.59. The van der Waals surface area contributed by atoms with Gasteiger partial charge in [-0.25, -0.2) is 9.78 Å². The fourth-order valence-electron chi connectivity index (χ4n) is 3.53. The molecule has 2 atom stereocenters. The van der Waals surface area contributed by atoms with Gasteiger partial charge in [-0.3, -0.25) is 4.79 Å². The number of carbonyl (C=O) groups excluding carboxylic acids is 1. The molecule has 0 N–H and O–H groups in total. The van der Waals surface area contributed by atoms with E-state index >= 15 is 0 Å². The van der Waals surface area contributed by atoms with Gasteiger partial charge in [0.05, 0.1) is 18.2 Å². The maximum absolute atomic E-state index is 12.6. The van der Waals surface area contributed by atoms with Crippen molar-refractivity contribution >= 4 is 33.5 Å². The molecule has 0 spiro atoms. The van der Waals surface area contributed by atoms with Crippen molar-refractivity contribution in [1.29, 1.82) is 5.26 Å². The van der Waals surface area contributed by atoms with E-state index in [0.29, 0.717) is 18.1 Å². The third kappa shape index (κ3) is 4.22. The molecule has 0 unspecified atom stereocenters. The number of amides is 1. The predicted molar refractivity (Wildman–Crippen MR) is 113 cm³/mol. The van der Waals surface area contributed by atoms with Gasteiger partial charge in [-0.2, -0.15) is 5.26 Å². The van der Waals surface area contributed by atoms with E-state index in [1.807, 2.05) is 34.6 Å². The molecule has 1 amide bonds. The normalized spacial score (nSPS) is 20.0. The first kappa shape index (κ1) is 21.1. The summed E-state index contributed by atoms with van der Waals surface area (Å²) in [7, 11) is 1.72. The molecule has 2 aromatic rings. The molecule has 3 rings (SSSR count). The molecule has 1 saturated heterocycles. The number of thiazole rings is 1. The van der Waals surface area contributed by atoms with E-state index in [1.54, 1.807) is 22.6 Å². The number of nitrogens with zero attached hydrogens (tertiary/aromatic N) is 5. The fraction of sp³-hybridized carbons (Fsp3) is 0.600. The van der Waals surface area contributed by atoms with Crippen molar-refractivity contribution in [2.75, 3.05) is 18.0 Å². The Labute approximate surface area is 174 Å². The zero-order valence-electron chi connectivity index (χ0n) is 17.7. The SMILES string of the molecule is C[C@@H]1CN(c2cc(=O)n(C)c3sc(CC#N)nc23)[C@@H](C)CN1C(=O)OC(C)(C)C. The molecule has 8 nitrogen and oxygen atoms in total. The molecule has 0 saturated carbocycles. The molecule has 1 aliphatic rings. The Kier molecular flexibility index (Phi) is 5.59. The van der Waals surface area contributed by atoms with Crippen LogP contribution < -0.4 is 10.5 Å². The topological polar surface area (TPSA) is 91.5 Å². The lowest BCUT2D eigenvalue weighted by molar-refractivity contribution is 0.0130. The van der Waals surface area contributed by atoms with Crippen LogP contribution in [-0.4, -0.2) is 51.3 Å². The second kappa shape index (κ2) is 7.67. The standard InChI is InChI=1S/C20H27N5O3S/c1-12-11-25(19(27)28-20(3,4)5)13(2)10-24(12)14-9-16(26)23(6)18-17(14)22-15(29-18)7-8-21/h9,12-13H,7,10-11H2,1-6H3/t12-,13+/m0/s1. The lowest BCUT2D eigenvalue weighted by Gasteiger charge is -2.45. The van der Waals surface area contributed by atoms with Gasteiger partial charge in [-0.05, 0) is 34.6 Å². The maximum Gasteiger partial charge on any atom is 0.410 e. The van der Waals surface area contributed by atoms with E-state index in [0.717, 1.165) is 16.0 Å². The van der Waals surface area contributed by atoms with Crippen molar-refractivity contribution in [3.63, 3.8) is 0 Å². The zero-order valence-corrected chi connectivity index (χ0v) is 18.5. The van der Waals surface area contributed by atoms with E-state index in [1.165, 1.54) is 11.3 Å². The fourth-order valence-corrected chi connectivity index (χ4v) is 4.50. The van der Waals surface area contributed by atoms with Gasteiger partial charge < -0.3 is 19.1 Å². The van der Waals surface area contributed by atoms with Gasteiger partial charge in [-0.1, -0.05) is 11.3 Å². The van der Waals surface area contributed by atoms with Crippen LogP contribution in [0.3, 0.4) is 0 Å². The van der Waals surface area contributed by atoms with Gasteiger partial charge in [0.25, 0.3) is 5.56 Å². The highest BCUT2D eigenvalue weighted by Gasteiger charge is 2.35. The average molecular weight is 418 g/mol. The summed E-state index contributed by atoms with van der Waals surface area (Å²) in [5.74, 6) is 0. The van der Waals surface area contributed by atoms with Crippen molar-refractivity contribution in [3.8, 4) is 6.07 Å². The monoisotopic (exact) mass is 417 g/mol. The quantitative estimate of drug-likeness (QED) is 0.746. The number of pyridine rings is 1. The maximum atomic E-state index is 12.6. The predicted octanol–water partition coefficient (Wildman–Crippen LogP) is 2.90. The third-order valence-corrected chi connectivity index (χ3v) is 6.08. The van der Waals surface area contributed by atoms with Crippen molar-refractivity contribution < 1.29 is 9.53 Å². The molecular weight excluding hydrogens is 390 g/mol. The highest BCUT2D eigenvalue weighted by atomic mass is 32.1. The Morgan fingerprint density at radius 1 is 1.34 bits per heavy atom. The summed E-state index contributed by atoms with van der Waals surface area (Å²) in [6.07, 6.45) is -0.110. The molecule has 0 aliphatic carbocycles. The van der Waals surface area contributed by atoms with E-state index in [2.05, 4.69) is 16.0 Å². The molecule has 29 heavy (non-hydrogen) atoms. The van der Waals surface area contributed by atoms with Crippen LogP contribution in [0.4, 0.5) is 10.5 Å². The van der Waals surface area contributed by atoms with E-state index < -0.39 is 5.60 Å². The van der Waals surface area contributed by atoms with Crippen molar-refractivity contribution in [2.24, 2.45) is 7.05 Å². The third-order valence-electron chi connectivity index (χ3n) is 4.95. The molecule has 0 radical (unpaired) electrons. The number of fused-ring (bicyclic) bond motifs is 1. The first-order valence-electron chi connectivity index (χ1n) is 9.64. The average Bonchev–Trinajstić information content (AvgIpc) is 3.03. The molecule has 0 aromatic carbocycles. The van der Waals surface area contributed by atoms with Crippen LogP contribution in [0.1, 0.15) is 39.6 Å². The van der Waals surface area contributed by atoms with Gasteiger partial charge in [0.1, 0.15) is 21.0 Å². The number of hydrogen-bond acceptors (Lipinski definition) is 7. The van der Waals surface area contributed by atoms with E-state index in [4.69, 9.17) is 10.00 Å². The van der Waals surface area contributed by atoms with Gasteiger partial charge >= 0.3 is 6.09 Å². The first-order chi connectivity index (χ1) is 13.5. The van der Waals surface area contributed by atoms with Gasteiger partial charge in [0.15, 0.2) is 0 Å². The largest absolute Gasteiger partial charge is 0.444 e. The lowest BCUT2D eigenvalue weighted by atomic mass is 10.1. The molecule has 0 bridgehead atoms. The number of nitriles is 1. The van der Waals surface area contributed by atoms with Gasteiger partial charge in [-0.15, -0.1) is 0 Å². The minimum atomic E-state index is -0.549. The minimum absolute atomic E-state index is 0.0184. The summed E-state index contributed by atoms with van der Waals surface area (Å²) in [4.78, 5) is 34.4. The van der Waals surface area contributed by atoms with Crippen LogP contribution in [-0.2, 0) is 18.2 Å². The number of aryl methyl sites for hydroxylation is 1. The molecule has 2 aromatic heterocycles. The Bertz CT molecular complexity index is 1030. The number of anilines is 1. The second-order valence-electron chi connectivity index (χ2n) is 8.51. The van der Waals surface area contributed by atoms with Crippen LogP contribution in [0.2, 0.25) is 0 Å². The highest BCUT2D eigenvalue weighted by molar-refractivity contribution is 7.18. The summed E-state index contributed by atoms with van der Waals surface area (Å²) < 4.78 is 7.12. The summed E-state index contributed by atoms with van der Waals surface area (Å²) in [6.45, 7) is 10.6. The van der Waals surface area contributed by atoms with Crippen LogP contribution in [0.15, 0.2) is 10.9 Å². The molecule has 9 heteroatoms. The van der Waals surface area contributed by atoms with Crippen LogP contribution >= 0.6 is 11.3 Å². The zero-order chi connectivity index (χ0) is 21.5. The molecule has 1 fully saturated rings. The van der Waals surface area contributed by atoms with Gasteiger partial charge in [0, 0.05) is 38.3 Å². The van der Waals surface area contributed by atoms with Crippen LogP contribution in [0.25, 0.3) is 10.3 Å². The highest BCUT2D eigenvalue weighted by Crippen LogP contribution is 2.32. The number of hydrogen-bond donors (Lipinski definition) is 0. The number of rotatable bonds is 2. The minimum Gasteiger partial charge on any atom is -0.444 e. The van der Waals surface area contributed by atoms with Crippen molar-refractivity contribution in [2.45, 2.75) is 58.7 Å². The first-order valence-corrected chi connectivity index (χ1v) is 10.5. The Morgan fingerprint density at radius 3 is 2.66 bits per heavy atom. The molecular formula is C20H27N5O3S. The Morgan fingerprint density at radius 2 is 2.03 bits per heavy atom. The summed E-state index contributed by atoms with van der Waals surface area (Å²) in [5, 5.41) is 9.71. The summed E-state index contributed by atoms with van der Waals surface area (Å²) in [5.41, 5.74) is 0.820. The second-order valence-corrected chi connectivity index (χ2v) is 9.57. The van der Waals surface area contributed by atoms with E-state index in [9.17, 15) is 9.59 Å². The number of carbonyl (C=O) groups is 1. The molecule has 1 aliphatic heterocycles. The summed E-state index contributed by atoms with van der Waals surface area (Å²) >= 11 is 1.37. The van der Waals surface area contributed by atoms with Gasteiger partial charge in [0.2, 0.25) is 0 Å².